The van der Waals surface area contributed by atoms with E-state index in [-0.39, 0.29) is 25.7 Å². The first-order valence-corrected chi connectivity index (χ1v) is 41.1. The number of aliphatic hydroxyl groups excluding tert-OH is 1. The molecule has 0 rings (SSSR count). The summed E-state index contributed by atoms with van der Waals surface area (Å²) < 4.78 is 68.2. The van der Waals surface area contributed by atoms with Gasteiger partial charge in [0.1, 0.15) is 19.3 Å². The van der Waals surface area contributed by atoms with Crippen LogP contribution >= 0.6 is 15.6 Å². The van der Waals surface area contributed by atoms with E-state index in [9.17, 15) is 43.2 Å². The van der Waals surface area contributed by atoms with Gasteiger partial charge in [-0.15, -0.1) is 0 Å². The molecule has 546 valence electrons. The van der Waals surface area contributed by atoms with Gasteiger partial charge in [0.15, 0.2) is 12.2 Å². The van der Waals surface area contributed by atoms with Crippen molar-refractivity contribution in [3.63, 3.8) is 0 Å². The topological polar surface area (TPSA) is 237 Å². The Balaban J connectivity index is 5.15. The van der Waals surface area contributed by atoms with Gasteiger partial charge < -0.3 is 33.8 Å². The molecule has 0 aliphatic rings. The predicted octanol–water partition coefficient (Wildman–Crippen LogP) is 21.3. The monoisotopic (exact) mass is 1350 g/mol. The zero-order valence-corrected chi connectivity index (χ0v) is 61.5. The predicted molar refractivity (Wildman–Crippen MR) is 372 cm³/mol. The summed E-state index contributed by atoms with van der Waals surface area (Å²) in [7, 11) is -9.90. The van der Waals surface area contributed by atoms with Gasteiger partial charge in [0, 0.05) is 25.7 Å². The molecule has 0 saturated heterocycles. The summed E-state index contributed by atoms with van der Waals surface area (Å²) in [6.45, 7) is 7.14. The second kappa shape index (κ2) is 66.3. The number of hydrogen-bond donors (Lipinski definition) is 3. The first kappa shape index (κ1) is 90.1. The number of carbonyl (C=O) groups is 4. The Morgan fingerprint density at radius 3 is 0.739 bits per heavy atom. The molecular weight excluding hydrogens is 1210 g/mol. The van der Waals surface area contributed by atoms with Crippen molar-refractivity contribution in [3.8, 4) is 0 Å². The molecule has 0 heterocycles. The van der Waals surface area contributed by atoms with E-state index in [2.05, 4.69) is 34.6 Å². The highest BCUT2D eigenvalue weighted by molar-refractivity contribution is 7.47. The molecule has 0 radical (unpaired) electrons. The molecule has 19 heteroatoms. The van der Waals surface area contributed by atoms with Crippen molar-refractivity contribution in [1.29, 1.82) is 0 Å². The lowest BCUT2D eigenvalue weighted by Crippen LogP contribution is -2.30. The molecule has 0 amide bonds. The largest absolute Gasteiger partial charge is 0.472 e. The fraction of sp³-hybridized carbons (Fsp3) is 0.945. The Morgan fingerprint density at radius 1 is 0.293 bits per heavy atom. The van der Waals surface area contributed by atoms with Crippen LogP contribution in [-0.4, -0.2) is 96.7 Å². The van der Waals surface area contributed by atoms with E-state index in [0.717, 1.165) is 96.3 Å². The van der Waals surface area contributed by atoms with Crippen molar-refractivity contribution < 1.29 is 80.2 Å². The maximum atomic E-state index is 13.1. The fourth-order valence-corrected chi connectivity index (χ4v) is 12.8. The second-order valence-electron chi connectivity index (χ2n) is 26.8. The van der Waals surface area contributed by atoms with Gasteiger partial charge in [0.25, 0.3) is 0 Å². The molecule has 0 aliphatic carbocycles. The molecule has 3 N–H and O–H groups in total. The minimum Gasteiger partial charge on any atom is -0.462 e. The van der Waals surface area contributed by atoms with Gasteiger partial charge in [-0.05, 0) is 31.6 Å². The molecule has 17 nitrogen and oxygen atoms in total. The summed E-state index contributed by atoms with van der Waals surface area (Å²) in [6, 6.07) is 0. The van der Waals surface area contributed by atoms with Gasteiger partial charge in [0.05, 0.1) is 26.4 Å². The Bertz CT molecular complexity index is 1770. The average Bonchev–Trinajstić information content (AvgIpc) is 1.69. The van der Waals surface area contributed by atoms with Crippen LogP contribution in [0.5, 0.6) is 0 Å². The van der Waals surface area contributed by atoms with E-state index in [1.165, 1.54) is 199 Å². The lowest BCUT2D eigenvalue weighted by atomic mass is 10.0. The molecular formula is C73H142O17P2. The van der Waals surface area contributed by atoms with Crippen molar-refractivity contribution in [2.75, 3.05) is 39.6 Å². The van der Waals surface area contributed by atoms with Crippen LogP contribution in [0.4, 0.5) is 0 Å². The quantitative estimate of drug-likeness (QED) is 0.0222. The molecule has 0 saturated carbocycles. The number of unbranched alkanes of at least 4 members (excludes halogenated alkanes) is 45. The smallest absolute Gasteiger partial charge is 0.462 e. The number of phosphoric acid groups is 2. The highest BCUT2D eigenvalue weighted by Gasteiger charge is 2.30. The summed E-state index contributed by atoms with van der Waals surface area (Å²) in [4.78, 5) is 72.5. The van der Waals surface area contributed by atoms with Crippen LogP contribution < -0.4 is 0 Å². The summed E-state index contributed by atoms with van der Waals surface area (Å²) in [5.41, 5.74) is 0. The van der Waals surface area contributed by atoms with Crippen LogP contribution in [-0.2, 0) is 65.4 Å². The van der Waals surface area contributed by atoms with Gasteiger partial charge in [0.2, 0.25) is 0 Å². The second-order valence-corrected chi connectivity index (χ2v) is 29.7. The van der Waals surface area contributed by atoms with Crippen LogP contribution in [0, 0.1) is 5.92 Å². The number of ether oxygens (including phenoxy) is 4. The van der Waals surface area contributed by atoms with E-state index >= 15 is 0 Å². The Morgan fingerprint density at radius 2 is 0.500 bits per heavy atom. The summed E-state index contributed by atoms with van der Waals surface area (Å²) >= 11 is 0. The summed E-state index contributed by atoms with van der Waals surface area (Å²) in [6.07, 6.45) is 54.5. The zero-order chi connectivity index (χ0) is 67.7. The molecule has 0 bridgehead atoms. The molecule has 5 atom stereocenters. The van der Waals surface area contributed by atoms with Crippen molar-refractivity contribution in [3.05, 3.63) is 0 Å². The number of aliphatic hydroxyl groups is 1. The van der Waals surface area contributed by atoms with E-state index in [4.69, 9.17) is 37.0 Å². The van der Waals surface area contributed by atoms with Crippen molar-refractivity contribution in [2.45, 2.75) is 400 Å². The Hall–Kier alpha value is -1.94. The number of hydrogen-bond acceptors (Lipinski definition) is 15. The van der Waals surface area contributed by atoms with Gasteiger partial charge in [-0.1, -0.05) is 330 Å². The minimum atomic E-state index is -4.95. The molecule has 0 fully saturated rings. The van der Waals surface area contributed by atoms with E-state index in [1.807, 2.05) is 0 Å². The molecule has 0 aromatic heterocycles. The van der Waals surface area contributed by atoms with E-state index in [0.29, 0.717) is 31.6 Å². The lowest BCUT2D eigenvalue weighted by Gasteiger charge is -2.21. The lowest BCUT2D eigenvalue weighted by molar-refractivity contribution is -0.161. The van der Waals surface area contributed by atoms with Crippen LogP contribution in [0.1, 0.15) is 381 Å². The normalized spacial score (nSPS) is 14.0. The zero-order valence-electron chi connectivity index (χ0n) is 59.7. The molecule has 0 aliphatic heterocycles. The van der Waals surface area contributed by atoms with Gasteiger partial charge in [-0.3, -0.25) is 37.3 Å². The van der Waals surface area contributed by atoms with Gasteiger partial charge in [-0.25, -0.2) is 9.13 Å². The van der Waals surface area contributed by atoms with Crippen LogP contribution in [0.25, 0.3) is 0 Å². The standard InChI is InChI=1S/C73H142O17P2/c1-6-9-12-15-18-21-23-25-27-28-29-30-31-32-33-35-37-39-42-48-53-58-72(77)89-68(62-84-71(76)57-52-47-41-38-36-34-26-24-22-19-16-13-10-7-2)64-87-91(79,80)85-60-67(74)61-86-92(81,82)88-65-69(63-83-70(75)56-51-46-40-20-17-14-11-8-3)90-73(78)59-54-49-44-43-45-50-55-66(4)5/h66-69,74H,6-65H2,1-5H3,(H,79,80)(H,81,82)/t67-,68-,69-/m1/s1. The number of rotatable bonds is 73. The molecule has 0 aromatic rings. The van der Waals surface area contributed by atoms with Crippen LogP contribution in [0.15, 0.2) is 0 Å². The maximum Gasteiger partial charge on any atom is 0.472 e. The average molecular weight is 1350 g/mol. The van der Waals surface area contributed by atoms with E-state index in [1.54, 1.807) is 0 Å². The van der Waals surface area contributed by atoms with Gasteiger partial charge in [-0.2, -0.15) is 0 Å². The molecule has 0 aromatic carbocycles. The minimum absolute atomic E-state index is 0.102. The fourth-order valence-electron chi connectivity index (χ4n) is 11.2. The number of esters is 4. The highest BCUT2D eigenvalue weighted by atomic mass is 31.2. The molecule has 0 spiro atoms. The third-order valence-electron chi connectivity index (χ3n) is 17.0. The third-order valence-corrected chi connectivity index (χ3v) is 18.9. The Labute approximate surface area is 562 Å². The van der Waals surface area contributed by atoms with Crippen LogP contribution in [0.2, 0.25) is 0 Å². The third kappa shape index (κ3) is 66.7. The van der Waals surface area contributed by atoms with Crippen molar-refractivity contribution >= 4 is 39.5 Å². The SMILES string of the molecule is CCCCCCCCCCCCCCCCCCCCCCCC(=O)O[C@H](COC(=O)CCCCCCCCCCCCCCCC)COP(=O)(O)OC[C@@H](O)COP(=O)(O)OC[C@@H](COC(=O)CCCCCCCCCC)OC(=O)CCCCCCCCC(C)C. The van der Waals surface area contributed by atoms with Crippen LogP contribution in [0.3, 0.4) is 0 Å². The van der Waals surface area contributed by atoms with Crippen molar-refractivity contribution in [1.82, 2.24) is 0 Å². The number of carbonyl (C=O) groups excluding carboxylic acids is 4. The summed E-state index contributed by atoms with van der Waals surface area (Å²) in [5.74, 6) is -1.46. The van der Waals surface area contributed by atoms with E-state index < -0.39 is 97.5 Å². The molecule has 92 heavy (non-hydrogen) atoms. The number of phosphoric ester groups is 2. The summed E-state index contributed by atoms with van der Waals surface area (Å²) in [5, 5.41) is 10.6. The highest BCUT2D eigenvalue weighted by Crippen LogP contribution is 2.45. The first-order valence-electron chi connectivity index (χ1n) is 38.1. The Kier molecular flexibility index (Phi) is 64.9. The maximum absolute atomic E-state index is 13.1. The van der Waals surface area contributed by atoms with Crippen molar-refractivity contribution in [2.24, 2.45) is 5.92 Å². The molecule has 2 unspecified atom stereocenters. The van der Waals surface area contributed by atoms with Gasteiger partial charge >= 0.3 is 39.5 Å². The first-order chi connectivity index (χ1) is 44.5.